The summed E-state index contributed by atoms with van der Waals surface area (Å²) in [4.78, 5) is 11.8. The van der Waals surface area contributed by atoms with Gasteiger partial charge in [-0.3, -0.25) is 4.79 Å². The Labute approximate surface area is 174 Å². The summed E-state index contributed by atoms with van der Waals surface area (Å²) in [5.74, 6) is -1.50. The predicted octanol–water partition coefficient (Wildman–Crippen LogP) is 4.91. The fourth-order valence-electron chi connectivity index (χ4n) is 6.43. The van der Waals surface area contributed by atoms with Gasteiger partial charge in [-0.2, -0.15) is 26.3 Å². The zero-order valence-electron chi connectivity index (χ0n) is 16.4. The lowest BCUT2D eigenvalue weighted by molar-refractivity contribution is -0.373. The van der Waals surface area contributed by atoms with E-state index in [1.807, 2.05) is 6.08 Å². The van der Waals surface area contributed by atoms with Crippen molar-refractivity contribution in [3.05, 3.63) is 24.7 Å². The van der Waals surface area contributed by atoms with Crippen molar-refractivity contribution in [2.45, 2.75) is 62.3 Å². The van der Waals surface area contributed by atoms with Gasteiger partial charge in [-0.05, 0) is 43.4 Å². The van der Waals surface area contributed by atoms with Crippen molar-refractivity contribution < 1.29 is 45.3 Å². The molecule has 31 heavy (non-hydrogen) atoms. The molecule has 10 heteroatoms. The fraction of sp³-hybridized carbons (Fsp3) is 0.762. The van der Waals surface area contributed by atoms with Gasteiger partial charge in [0.05, 0.1) is 5.92 Å². The molecule has 0 aromatic carbocycles. The molecule has 0 amide bonds. The normalized spacial score (nSPS) is 40.9. The second-order valence-electron chi connectivity index (χ2n) is 9.46. The number of halogens is 6. The highest BCUT2D eigenvalue weighted by molar-refractivity contribution is 5.76. The zero-order chi connectivity index (χ0) is 22.2. The Balaban J connectivity index is 1.30. The standard InChI is InChI=1S/C21H22F6O4/c22-20(23,24)19(21(25,26)27,9-13-6-10-1-2-11(13)5-10)30-4-3-29-16-12-7-14-15(8-12)18(28)31-17(14)16/h1-4,10-17H,5-9H2/b4-3+. The van der Waals surface area contributed by atoms with E-state index in [0.29, 0.717) is 25.5 Å². The van der Waals surface area contributed by atoms with Gasteiger partial charge in [0.1, 0.15) is 24.7 Å². The lowest BCUT2D eigenvalue weighted by Crippen LogP contribution is -2.59. The molecule has 0 N–H and O–H groups in total. The van der Waals surface area contributed by atoms with Gasteiger partial charge in [0.15, 0.2) is 0 Å². The third kappa shape index (κ3) is 3.15. The van der Waals surface area contributed by atoms with E-state index in [1.165, 1.54) is 0 Å². The predicted molar refractivity (Wildman–Crippen MR) is 93.0 cm³/mol. The molecule has 1 aliphatic heterocycles. The smallest absolute Gasteiger partial charge is 0.437 e. The van der Waals surface area contributed by atoms with E-state index in [1.54, 1.807) is 6.08 Å². The van der Waals surface area contributed by atoms with Gasteiger partial charge in [0.2, 0.25) is 0 Å². The molecule has 5 rings (SSSR count). The van der Waals surface area contributed by atoms with Crippen LogP contribution in [0.4, 0.5) is 26.3 Å². The molecule has 0 spiro atoms. The van der Waals surface area contributed by atoms with Crippen molar-refractivity contribution in [2.75, 3.05) is 0 Å². The van der Waals surface area contributed by atoms with Crippen LogP contribution in [0.1, 0.15) is 32.1 Å². The summed E-state index contributed by atoms with van der Waals surface area (Å²) >= 11 is 0. The first-order valence-corrected chi connectivity index (χ1v) is 10.5. The molecule has 4 aliphatic carbocycles. The second kappa shape index (κ2) is 6.81. The van der Waals surface area contributed by atoms with Crippen LogP contribution in [0, 0.1) is 35.5 Å². The average Bonchev–Trinajstić information content (AvgIpc) is 3.43. The number of carbonyl (C=O) groups is 1. The first-order valence-electron chi connectivity index (χ1n) is 10.5. The molecule has 3 saturated carbocycles. The van der Waals surface area contributed by atoms with Crippen LogP contribution < -0.4 is 0 Å². The second-order valence-corrected chi connectivity index (χ2v) is 9.46. The van der Waals surface area contributed by atoms with E-state index in [-0.39, 0.29) is 42.0 Å². The van der Waals surface area contributed by atoms with E-state index in [0.717, 1.165) is 6.26 Å². The van der Waals surface area contributed by atoms with Crippen LogP contribution >= 0.6 is 0 Å². The first kappa shape index (κ1) is 21.0. The quantitative estimate of drug-likeness (QED) is 0.249. The molecule has 4 nitrogen and oxygen atoms in total. The molecule has 8 atom stereocenters. The SMILES string of the molecule is O=C1OC2C3CC(CC13)C2O/C=C/OC(CC1CC2C=CC1C2)(C(F)(F)F)C(F)(F)F. The van der Waals surface area contributed by atoms with Crippen LogP contribution in [0.25, 0.3) is 0 Å². The van der Waals surface area contributed by atoms with Gasteiger partial charge in [-0.15, -0.1) is 0 Å². The minimum Gasteiger partial charge on any atom is -0.491 e. The van der Waals surface area contributed by atoms with Crippen molar-refractivity contribution >= 4 is 5.97 Å². The van der Waals surface area contributed by atoms with Crippen molar-refractivity contribution in [3.8, 4) is 0 Å². The molecule has 0 radical (unpaired) electrons. The lowest BCUT2D eigenvalue weighted by atomic mass is 9.81. The highest BCUT2D eigenvalue weighted by atomic mass is 19.4. The minimum atomic E-state index is -5.65. The van der Waals surface area contributed by atoms with E-state index in [4.69, 9.17) is 9.47 Å². The number of hydrogen-bond donors (Lipinski definition) is 0. The third-order valence-electron chi connectivity index (χ3n) is 7.86. The number of allylic oxidation sites excluding steroid dienone is 2. The van der Waals surface area contributed by atoms with Crippen LogP contribution in [-0.2, 0) is 19.0 Å². The highest BCUT2D eigenvalue weighted by Crippen LogP contribution is 2.56. The van der Waals surface area contributed by atoms with E-state index >= 15 is 0 Å². The van der Waals surface area contributed by atoms with Gasteiger partial charge in [-0.25, -0.2) is 0 Å². The Hall–Kier alpha value is -1.87. The first-order chi connectivity index (χ1) is 14.5. The Bertz CT molecular complexity index is 789. The number of hydrogen-bond acceptors (Lipinski definition) is 4. The largest absolute Gasteiger partial charge is 0.491 e. The highest BCUT2D eigenvalue weighted by Gasteiger charge is 2.74. The summed E-state index contributed by atoms with van der Waals surface area (Å²) < 4.78 is 97.9. The van der Waals surface area contributed by atoms with Crippen LogP contribution in [0.2, 0.25) is 0 Å². The average molecular weight is 452 g/mol. The van der Waals surface area contributed by atoms with E-state index < -0.39 is 42.5 Å². The maximum absolute atomic E-state index is 13.8. The van der Waals surface area contributed by atoms with Crippen LogP contribution in [0.5, 0.6) is 0 Å². The summed E-state index contributed by atoms with van der Waals surface area (Å²) in [5, 5.41) is 0. The summed E-state index contributed by atoms with van der Waals surface area (Å²) in [6.07, 6.45) is -6.78. The van der Waals surface area contributed by atoms with Crippen molar-refractivity contribution in [1.29, 1.82) is 0 Å². The lowest BCUT2D eigenvalue weighted by Gasteiger charge is -2.39. The summed E-state index contributed by atoms with van der Waals surface area (Å²) in [6, 6.07) is 0. The number of ether oxygens (including phenoxy) is 3. The molecule has 4 bridgehead atoms. The van der Waals surface area contributed by atoms with Crippen LogP contribution in [0.3, 0.4) is 0 Å². The Morgan fingerprint density at radius 3 is 2.35 bits per heavy atom. The maximum atomic E-state index is 13.8. The molecule has 1 saturated heterocycles. The number of fused-ring (bicyclic) bond motifs is 3. The van der Waals surface area contributed by atoms with Crippen LogP contribution in [0.15, 0.2) is 24.7 Å². The van der Waals surface area contributed by atoms with Crippen molar-refractivity contribution in [3.63, 3.8) is 0 Å². The van der Waals surface area contributed by atoms with Gasteiger partial charge in [-0.1, -0.05) is 12.2 Å². The van der Waals surface area contributed by atoms with Crippen molar-refractivity contribution in [2.24, 2.45) is 35.5 Å². The number of carbonyl (C=O) groups excluding carboxylic acids is 1. The zero-order valence-corrected chi connectivity index (χ0v) is 16.4. The summed E-state index contributed by atoms with van der Waals surface area (Å²) in [7, 11) is 0. The maximum Gasteiger partial charge on any atom is 0.437 e. The molecule has 5 aliphatic rings. The molecular weight excluding hydrogens is 430 g/mol. The topological polar surface area (TPSA) is 44.8 Å². The fourth-order valence-corrected chi connectivity index (χ4v) is 6.43. The molecule has 8 unspecified atom stereocenters. The van der Waals surface area contributed by atoms with E-state index in [9.17, 15) is 31.1 Å². The number of alkyl halides is 6. The van der Waals surface area contributed by atoms with E-state index in [2.05, 4.69) is 4.74 Å². The molecule has 4 fully saturated rings. The van der Waals surface area contributed by atoms with Gasteiger partial charge < -0.3 is 14.2 Å². The minimum absolute atomic E-state index is 0.00658. The van der Waals surface area contributed by atoms with Gasteiger partial charge in [0, 0.05) is 18.3 Å². The number of rotatable bonds is 6. The third-order valence-corrected chi connectivity index (χ3v) is 7.86. The Morgan fingerprint density at radius 1 is 1.00 bits per heavy atom. The Morgan fingerprint density at radius 2 is 1.74 bits per heavy atom. The van der Waals surface area contributed by atoms with Crippen molar-refractivity contribution in [1.82, 2.24) is 0 Å². The summed E-state index contributed by atoms with van der Waals surface area (Å²) in [6.45, 7) is 0. The van der Waals surface area contributed by atoms with Gasteiger partial charge >= 0.3 is 18.3 Å². The molecule has 0 aromatic heterocycles. The van der Waals surface area contributed by atoms with Gasteiger partial charge in [0.25, 0.3) is 5.60 Å². The van der Waals surface area contributed by atoms with Crippen LogP contribution in [-0.4, -0.2) is 36.1 Å². The molecule has 172 valence electrons. The molecular formula is C21H22F6O4. The number of esters is 1. The summed E-state index contributed by atoms with van der Waals surface area (Å²) in [5.41, 5.74) is -4.30. The Kier molecular flexibility index (Phi) is 4.61. The molecule has 0 aromatic rings. The monoisotopic (exact) mass is 452 g/mol. The molecule has 1 heterocycles.